The molecule has 0 amide bonds. The fourth-order valence-electron chi connectivity index (χ4n) is 5.11. The number of aliphatic imine (C=N–C) groups is 1. The van der Waals surface area contributed by atoms with Crippen LogP contribution in [0.3, 0.4) is 0 Å². The number of para-hydroxylation sites is 1. The van der Waals surface area contributed by atoms with Crippen molar-refractivity contribution in [3.8, 4) is 5.75 Å². The number of hydrogen-bond acceptors (Lipinski definition) is 5. The Bertz CT molecular complexity index is 1200. The number of carbonyl (C=O) groups is 2. The predicted molar refractivity (Wildman–Crippen MR) is 143 cm³/mol. The molecule has 0 spiro atoms. The molecule has 6 heteroatoms. The van der Waals surface area contributed by atoms with E-state index in [0.717, 1.165) is 16.8 Å². The summed E-state index contributed by atoms with van der Waals surface area (Å²) in [5.41, 5.74) is 3.90. The highest BCUT2D eigenvalue weighted by atomic mass is 35.5. The predicted octanol–water partition coefficient (Wildman–Crippen LogP) is 6.90. The summed E-state index contributed by atoms with van der Waals surface area (Å²) >= 11 is 6.08. The highest BCUT2D eigenvalue weighted by molar-refractivity contribution is 6.30. The van der Waals surface area contributed by atoms with Crippen LogP contribution in [0.5, 0.6) is 5.75 Å². The number of hydrogen-bond donors (Lipinski definition) is 0. The maximum absolute atomic E-state index is 13.8. The van der Waals surface area contributed by atoms with Gasteiger partial charge in [0.1, 0.15) is 11.7 Å². The zero-order valence-electron chi connectivity index (χ0n) is 21.6. The Labute approximate surface area is 218 Å². The van der Waals surface area contributed by atoms with Gasteiger partial charge in [0, 0.05) is 39.9 Å². The first-order valence-electron chi connectivity index (χ1n) is 12.6. The van der Waals surface area contributed by atoms with E-state index >= 15 is 0 Å². The molecule has 1 unspecified atom stereocenters. The summed E-state index contributed by atoms with van der Waals surface area (Å²) in [6.45, 7) is 10.1. The molecule has 2 aromatic rings. The SMILES string of the molecule is CC1=NC2=C(C(=O)C[C@H](c3ccc(Cl)cc3)C2)[C@H](c2ccccc2OC(C)C)C1C(=O)OCC(C)C. The zero-order chi connectivity index (χ0) is 26.0. The third-order valence-electron chi connectivity index (χ3n) is 6.66. The molecule has 1 heterocycles. The molecular formula is C30H34ClNO4. The molecule has 0 fully saturated rings. The molecule has 5 nitrogen and oxygen atoms in total. The van der Waals surface area contributed by atoms with Crippen LogP contribution in [-0.4, -0.2) is 30.2 Å². The molecule has 0 saturated carbocycles. The molecule has 0 bridgehead atoms. The quantitative estimate of drug-likeness (QED) is 0.382. The first kappa shape index (κ1) is 26.2. The lowest BCUT2D eigenvalue weighted by Crippen LogP contribution is -2.38. The van der Waals surface area contributed by atoms with Crippen LogP contribution in [0.15, 0.2) is 64.8 Å². The summed E-state index contributed by atoms with van der Waals surface area (Å²) in [6, 6.07) is 15.3. The minimum atomic E-state index is -0.685. The molecule has 1 aliphatic carbocycles. The minimum absolute atomic E-state index is 0.0114. The standard InChI is InChI=1S/C30H34ClNO4/c1-17(2)16-35-30(34)27-19(5)32-24-14-21(20-10-12-22(31)13-11-20)15-25(33)29(24)28(27)23-8-6-7-9-26(23)36-18(3)4/h6-13,17-18,21,27-28H,14-16H2,1-5H3/t21-,27?,28-/m1/s1. The number of Topliss-reactive ketones (excluding diaryl/α,β-unsaturated/α-hetero) is 1. The van der Waals surface area contributed by atoms with Gasteiger partial charge in [-0.1, -0.05) is 55.8 Å². The Morgan fingerprint density at radius 2 is 1.75 bits per heavy atom. The number of benzene rings is 2. The third-order valence-corrected chi connectivity index (χ3v) is 6.91. The average Bonchev–Trinajstić information content (AvgIpc) is 2.82. The number of ketones is 1. The van der Waals surface area contributed by atoms with E-state index in [9.17, 15) is 9.59 Å². The minimum Gasteiger partial charge on any atom is -0.491 e. The van der Waals surface area contributed by atoms with Crippen LogP contribution in [0.4, 0.5) is 0 Å². The van der Waals surface area contributed by atoms with E-state index in [0.29, 0.717) is 41.5 Å². The Kier molecular flexibility index (Phi) is 7.99. The largest absolute Gasteiger partial charge is 0.491 e. The summed E-state index contributed by atoms with van der Waals surface area (Å²) in [6.07, 6.45) is 0.921. The van der Waals surface area contributed by atoms with Crippen LogP contribution in [0.25, 0.3) is 0 Å². The van der Waals surface area contributed by atoms with Gasteiger partial charge in [-0.05, 0) is 62.8 Å². The first-order valence-corrected chi connectivity index (χ1v) is 13.0. The maximum atomic E-state index is 13.8. The van der Waals surface area contributed by atoms with E-state index in [1.54, 1.807) is 0 Å². The molecule has 1 aliphatic heterocycles. The molecule has 3 atom stereocenters. The Hall–Kier alpha value is -2.92. The van der Waals surface area contributed by atoms with Crippen molar-refractivity contribution in [1.29, 1.82) is 0 Å². The highest BCUT2D eigenvalue weighted by Crippen LogP contribution is 2.48. The van der Waals surface area contributed by atoms with Crippen molar-refractivity contribution in [3.05, 3.63) is 76.0 Å². The lowest BCUT2D eigenvalue weighted by Gasteiger charge is -2.37. The topological polar surface area (TPSA) is 65.0 Å². The molecule has 0 N–H and O–H groups in total. The maximum Gasteiger partial charge on any atom is 0.315 e. The molecule has 0 radical (unpaired) electrons. The second kappa shape index (κ2) is 11.0. The van der Waals surface area contributed by atoms with Gasteiger partial charge in [-0.15, -0.1) is 0 Å². The van der Waals surface area contributed by atoms with Crippen LogP contribution in [0.1, 0.15) is 70.4 Å². The summed E-state index contributed by atoms with van der Waals surface area (Å²) < 4.78 is 11.8. The summed E-state index contributed by atoms with van der Waals surface area (Å²) in [5, 5.41) is 0.664. The van der Waals surface area contributed by atoms with E-state index in [1.165, 1.54) is 0 Å². The van der Waals surface area contributed by atoms with Crippen molar-refractivity contribution in [2.45, 2.75) is 65.4 Å². The molecule has 0 saturated heterocycles. The summed E-state index contributed by atoms with van der Waals surface area (Å²) in [7, 11) is 0. The number of allylic oxidation sites excluding steroid dienone is 2. The van der Waals surface area contributed by atoms with Gasteiger partial charge in [0.25, 0.3) is 0 Å². The molecule has 0 aromatic heterocycles. The van der Waals surface area contributed by atoms with Crippen LogP contribution in [0.2, 0.25) is 5.02 Å². The van der Waals surface area contributed by atoms with Gasteiger partial charge in [-0.25, -0.2) is 0 Å². The van der Waals surface area contributed by atoms with E-state index in [-0.39, 0.29) is 29.7 Å². The first-order chi connectivity index (χ1) is 17.2. The molecular weight excluding hydrogens is 474 g/mol. The van der Waals surface area contributed by atoms with Gasteiger partial charge >= 0.3 is 5.97 Å². The summed E-state index contributed by atoms with van der Waals surface area (Å²) in [4.78, 5) is 32.1. The van der Waals surface area contributed by atoms with Gasteiger partial charge in [0.2, 0.25) is 0 Å². The lowest BCUT2D eigenvalue weighted by molar-refractivity contribution is -0.147. The van der Waals surface area contributed by atoms with Crippen LogP contribution >= 0.6 is 11.6 Å². The van der Waals surface area contributed by atoms with Crippen LogP contribution in [-0.2, 0) is 14.3 Å². The second-order valence-corrected chi connectivity index (χ2v) is 10.8. The highest BCUT2D eigenvalue weighted by Gasteiger charge is 2.45. The van der Waals surface area contributed by atoms with Gasteiger partial charge in [-0.3, -0.25) is 14.6 Å². The molecule has 2 aliphatic rings. The van der Waals surface area contributed by atoms with Crippen molar-refractivity contribution in [2.24, 2.45) is 16.8 Å². The molecule has 190 valence electrons. The van der Waals surface area contributed by atoms with E-state index < -0.39 is 11.8 Å². The number of ether oxygens (including phenoxy) is 2. The normalized spacial score (nSPS) is 21.9. The Morgan fingerprint density at radius 1 is 1.06 bits per heavy atom. The van der Waals surface area contributed by atoms with Crippen molar-refractivity contribution in [1.82, 2.24) is 0 Å². The van der Waals surface area contributed by atoms with E-state index in [1.807, 2.05) is 83.1 Å². The van der Waals surface area contributed by atoms with Crippen LogP contribution in [0, 0.1) is 11.8 Å². The fourth-order valence-corrected chi connectivity index (χ4v) is 5.23. The fraction of sp³-hybridized carbons (Fsp3) is 0.433. The number of esters is 1. The number of carbonyl (C=O) groups excluding carboxylic acids is 2. The second-order valence-electron chi connectivity index (χ2n) is 10.4. The third kappa shape index (κ3) is 5.57. The van der Waals surface area contributed by atoms with E-state index in [4.69, 9.17) is 26.1 Å². The van der Waals surface area contributed by atoms with Crippen molar-refractivity contribution in [2.75, 3.05) is 6.61 Å². The molecule has 36 heavy (non-hydrogen) atoms. The van der Waals surface area contributed by atoms with Crippen LogP contribution < -0.4 is 4.74 Å². The van der Waals surface area contributed by atoms with Crippen molar-refractivity contribution in [3.63, 3.8) is 0 Å². The summed E-state index contributed by atoms with van der Waals surface area (Å²) in [5.74, 6) is -0.644. The van der Waals surface area contributed by atoms with Gasteiger partial charge in [0.05, 0.1) is 12.7 Å². The lowest BCUT2D eigenvalue weighted by atomic mass is 9.69. The number of halogens is 1. The van der Waals surface area contributed by atoms with Gasteiger partial charge in [0.15, 0.2) is 5.78 Å². The smallest absolute Gasteiger partial charge is 0.315 e. The van der Waals surface area contributed by atoms with Crippen molar-refractivity contribution >= 4 is 29.1 Å². The van der Waals surface area contributed by atoms with Gasteiger partial charge in [-0.2, -0.15) is 0 Å². The van der Waals surface area contributed by atoms with Gasteiger partial charge < -0.3 is 9.47 Å². The Morgan fingerprint density at radius 3 is 2.42 bits per heavy atom. The number of nitrogens with zero attached hydrogens (tertiary/aromatic N) is 1. The zero-order valence-corrected chi connectivity index (χ0v) is 22.3. The Balaban J connectivity index is 1.80. The monoisotopic (exact) mass is 507 g/mol. The molecule has 2 aromatic carbocycles. The van der Waals surface area contributed by atoms with E-state index in [2.05, 4.69) is 0 Å². The average molecular weight is 508 g/mol. The van der Waals surface area contributed by atoms with Crippen molar-refractivity contribution < 1.29 is 19.1 Å². The number of rotatable bonds is 7. The molecule has 4 rings (SSSR count).